The highest BCUT2D eigenvalue weighted by molar-refractivity contribution is 7.71. The van der Waals surface area contributed by atoms with E-state index >= 15 is 0 Å². The van der Waals surface area contributed by atoms with Crippen molar-refractivity contribution < 1.29 is 14.3 Å². The lowest BCUT2D eigenvalue weighted by Gasteiger charge is -2.12. The van der Waals surface area contributed by atoms with Crippen LogP contribution < -0.4 is 5.56 Å². The molecule has 0 aliphatic carbocycles. The largest absolute Gasteiger partial charge is 0.444 e. The number of aromatic amines is 1. The zero-order valence-corrected chi connectivity index (χ0v) is 14.3. The SMILES string of the molecule is CCC(=O)OCn1ccc2c1c(=O)[nH]c(=S)n2CCOC(C)C. The predicted octanol–water partition coefficient (Wildman–Crippen LogP) is 2.20. The van der Waals surface area contributed by atoms with Gasteiger partial charge in [-0.1, -0.05) is 6.92 Å². The summed E-state index contributed by atoms with van der Waals surface area (Å²) in [6.45, 7) is 6.65. The van der Waals surface area contributed by atoms with Gasteiger partial charge in [-0.15, -0.1) is 0 Å². The molecule has 0 radical (unpaired) electrons. The molecule has 0 aromatic carbocycles. The first-order valence-corrected chi connectivity index (χ1v) is 7.94. The minimum absolute atomic E-state index is 0.00147. The number of nitrogens with one attached hydrogen (secondary N) is 1. The van der Waals surface area contributed by atoms with Crippen LogP contribution in [0.5, 0.6) is 0 Å². The Morgan fingerprint density at radius 2 is 2.17 bits per heavy atom. The molecule has 0 aliphatic rings. The van der Waals surface area contributed by atoms with Crippen LogP contribution in [-0.2, 0) is 27.5 Å². The van der Waals surface area contributed by atoms with E-state index in [9.17, 15) is 9.59 Å². The zero-order valence-electron chi connectivity index (χ0n) is 13.5. The lowest BCUT2D eigenvalue weighted by molar-refractivity contribution is -0.146. The van der Waals surface area contributed by atoms with Crippen LogP contribution in [0.15, 0.2) is 17.1 Å². The first-order chi connectivity index (χ1) is 10.9. The van der Waals surface area contributed by atoms with E-state index in [0.29, 0.717) is 35.4 Å². The number of hydrogen-bond donors (Lipinski definition) is 1. The van der Waals surface area contributed by atoms with Crippen molar-refractivity contribution in [3.05, 3.63) is 27.4 Å². The lowest BCUT2D eigenvalue weighted by atomic mass is 10.4. The van der Waals surface area contributed by atoms with Crippen molar-refractivity contribution in [3.8, 4) is 0 Å². The van der Waals surface area contributed by atoms with Crippen LogP contribution in [0.1, 0.15) is 27.2 Å². The Bertz CT molecular complexity index is 803. The lowest BCUT2D eigenvalue weighted by Crippen LogP contribution is -2.20. The topological polar surface area (TPSA) is 78.3 Å². The molecule has 0 fully saturated rings. The number of fused-ring (bicyclic) bond motifs is 1. The normalized spacial score (nSPS) is 11.3. The molecule has 0 saturated heterocycles. The Morgan fingerprint density at radius 1 is 1.43 bits per heavy atom. The zero-order chi connectivity index (χ0) is 17.0. The molecule has 0 aliphatic heterocycles. The van der Waals surface area contributed by atoms with Gasteiger partial charge in [0.15, 0.2) is 11.5 Å². The standard InChI is InChI=1S/C15H21N3O4S/c1-4-12(19)22-9-17-6-5-11-13(17)14(20)16-15(23)18(11)7-8-21-10(2)3/h5-6,10H,4,7-9H2,1-3H3,(H,16,20,23). The minimum atomic E-state index is -0.318. The van der Waals surface area contributed by atoms with Gasteiger partial charge in [-0.25, -0.2) is 0 Å². The summed E-state index contributed by atoms with van der Waals surface area (Å²) in [5.74, 6) is -0.318. The van der Waals surface area contributed by atoms with E-state index in [1.54, 1.807) is 23.8 Å². The molecule has 2 aromatic heterocycles. The highest BCUT2D eigenvalue weighted by atomic mass is 32.1. The molecule has 126 valence electrons. The summed E-state index contributed by atoms with van der Waals surface area (Å²) in [6.07, 6.45) is 2.12. The average molecular weight is 339 g/mol. The fraction of sp³-hybridized carbons (Fsp3) is 0.533. The fourth-order valence-electron chi connectivity index (χ4n) is 2.21. The number of rotatable bonds is 7. The second-order valence-corrected chi connectivity index (χ2v) is 5.74. The third-order valence-corrected chi connectivity index (χ3v) is 3.66. The van der Waals surface area contributed by atoms with Crippen LogP contribution in [0, 0.1) is 4.77 Å². The van der Waals surface area contributed by atoms with Crippen LogP contribution in [0.2, 0.25) is 0 Å². The molecular weight excluding hydrogens is 318 g/mol. The molecular formula is C15H21N3O4S. The van der Waals surface area contributed by atoms with E-state index in [2.05, 4.69) is 4.98 Å². The summed E-state index contributed by atoms with van der Waals surface area (Å²) in [4.78, 5) is 26.1. The molecule has 2 rings (SSSR count). The van der Waals surface area contributed by atoms with Crippen LogP contribution in [0.4, 0.5) is 0 Å². The Balaban J connectivity index is 2.34. The van der Waals surface area contributed by atoms with Gasteiger partial charge < -0.3 is 18.6 Å². The highest BCUT2D eigenvalue weighted by Gasteiger charge is 2.11. The second-order valence-electron chi connectivity index (χ2n) is 5.35. The molecule has 23 heavy (non-hydrogen) atoms. The van der Waals surface area contributed by atoms with E-state index in [1.807, 2.05) is 18.4 Å². The van der Waals surface area contributed by atoms with Crippen LogP contribution >= 0.6 is 12.2 Å². The van der Waals surface area contributed by atoms with Crippen molar-refractivity contribution in [1.82, 2.24) is 14.1 Å². The second kappa shape index (κ2) is 7.56. The van der Waals surface area contributed by atoms with Gasteiger partial charge in [0.2, 0.25) is 0 Å². The van der Waals surface area contributed by atoms with Crippen LogP contribution in [0.25, 0.3) is 11.0 Å². The van der Waals surface area contributed by atoms with E-state index in [1.165, 1.54) is 0 Å². The molecule has 0 spiro atoms. The van der Waals surface area contributed by atoms with Gasteiger partial charge >= 0.3 is 5.97 Å². The molecule has 2 aromatic rings. The summed E-state index contributed by atoms with van der Waals surface area (Å²) in [5.41, 5.74) is 0.814. The monoisotopic (exact) mass is 339 g/mol. The molecule has 7 nitrogen and oxygen atoms in total. The van der Waals surface area contributed by atoms with E-state index in [-0.39, 0.29) is 24.4 Å². The van der Waals surface area contributed by atoms with E-state index in [0.717, 1.165) is 0 Å². The van der Waals surface area contributed by atoms with Crippen LogP contribution in [-0.4, -0.2) is 32.8 Å². The maximum atomic E-state index is 12.2. The van der Waals surface area contributed by atoms with E-state index in [4.69, 9.17) is 21.7 Å². The number of nitrogens with zero attached hydrogens (tertiary/aromatic N) is 2. The molecule has 2 heterocycles. The van der Waals surface area contributed by atoms with Crippen molar-refractivity contribution in [3.63, 3.8) is 0 Å². The van der Waals surface area contributed by atoms with E-state index < -0.39 is 0 Å². The molecule has 1 N–H and O–H groups in total. The Kier molecular flexibility index (Phi) is 5.73. The molecule has 0 saturated carbocycles. The Hall–Kier alpha value is -1.93. The van der Waals surface area contributed by atoms with Crippen molar-refractivity contribution in [2.45, 2.75) is 46.6 Å². The van der Waals surface area contributed by atoms with Gasteiger partial charge in [0, 0.05) is 19.2 Å². The van der Waals surface area contributed by atoms with Gasteiger partial charge in [-0.3, -0.25) is 14.6 Å². The van der Waals surface area contributed by atoms with Crippen molar-refractivity contribution in [1.29, 1.82) is 0 Å². The first-order valence-electron chi connectivity index (χ1n) is 7.53. The highest BCUT2D eigenvalue weighted by Crippen LogP contribution is 2.13. The summed E-state index contributed by atoms with van der Waals surface area (Å²) < 4.78 is 14.4. The third kappa shape index (κ3) is 4.08. The number of H-pyrrole nitrogens is 1. The Labute approximate surface area is 138 Å². The number of carbonyl (C=O) groups is 1. The quantitative estimate of drug-likeness (QED) is 0.618. The molecule has 0 atom stereocenters. The minimum Gasteiger partial charge on any atom is -0.444 e. The first kappa shape index (κ1) is 17.4. The average Bonchev–Trinajstić information content (AvgIpc) is 2.92. The maximum Gasteiger partial charge on any atom is 0.307 e. The number of carbonyl (C=O) groups excluding carboxylic acids is 1. The van der Waals surface area contributed by atoms with Crippen LogP contribution in [0.3, 0.4) is 0 Å². The molecule has 0 amide bonds. The van der Waals surface area contributed by atoms with Gasteiger partial charge in [0.1, 0.15) is 5.52 Å². The van der Waals surface area contributed by atoms with Crippen molar-refractivity contribution in [2.24, 2.45) is 0 Å². The summed E-state index contributed by atoms with van der Waals surface area (Å²) in [6, 6.07) is 1.79. The summed E-state index contributed by atoms with van der Waals surface area (Å²) in [5, 5.41) is 0. The number of esters is 1. The number of ether oxygens (including phenoxy) is 2. The number of hydrogen-bond acceptors (Lipinski definition) is 5. The van der Waals surface area contributed by atoms with Crippen molar-refractivity contribution >= 4 is 29.2 Å². The number of aromatic nitrogens is 3. The van der Waals surface area contributed by atoms with Gasteiger partial charge in [-0.2, -0.15) is 0 Å². The smallest absolute Gasteiger partial charge is 0.307 e. The molecule has 0 unspecified atom stereocenters. The summed E-state index contributed by atoms with van der Waals surface area (Å²) in [7, 11) is 0. The van der Waals surface area contributed by atoms with Gasteiger partial charge in [0.25, 0.3) is 5.56 Å². The molecule has 8 heteroatoms. The fourth-order valence-corrected chi connectivity index (χ4v) is 2.49. The molecule has 0 bridgehead atoms. The van der Waals surface area contributed by atoms with Gasteiger partial charge in [0.05, 0.1) is 18.2 Å². The summed E-state index contributed by atoms with van der Waals surface area (Å²) >= 11 is 5.24. The predicted molar refractivity (Wildman–Crippen MR) is 88.9 cm³/mol. The third-order valence-electron chi connectivity index (χ3n) is 3.33. The maximum absolute atomic E-state index is 12.2. The Morgan fingerprint density at radius 3 is 2.83 bits per heavy atom. The van der Waals surface area contributed by atoms with Crippen molar-refractivity contribution in [2.75, 3.05) is 6.61 Å². The van der Waals surface area contributed by atoms with Gasteiger partial charge in [-0.05, 0) is 32.1 Å².